The third kappa shape index (κ3) is 2.71. The molecular formula is C12H22N2O. The van der Waals surface area contributed by atoms with Gasteiger partial charge in [0.05, 0.1) is 0 Å². The molecule has 0 aromatic carbocycles. The van der Waals surface area contributed by atoms with Gasteiger partial charge < -0.3 is 10.2 Å². The number of nitrogens with zero attached hydrogens (tertiary/aromatic N) is 1. The Bertz CT molecular complexity index is 230. The smallest absolute Gasteiger partial charge is 0.225 e. The molecule has 1 saturated carbocycles. The molecule has 1 atom stereocenters. The first-order valence-corrected chi connectivity index (χ1v) is 6.22. The number of carbonyl (C=O) groups excluding carboxylic acids is 1. The van der Waals surface area contributed by atoms with E-state index >= 15 is 0 Å². The van der Waals surface area contributed by atoms with Crippen molar-refractivity contribution in [2.45, 2.75) is 51.6 Å². The van der Waals surface area contributed by atoms with Crippen LogP contribution in [-0.4, -0.2) is 36.0 Å². The van der Waals surface area contributed by atoms with Crippen LogP contribution in [0.15, 0.2) is 0 Å². The zero-order valence-electron chi connectivity index (χ0n) is 9.83. The molecular weight excluding hydrogens is 188 g/mol. The Morgan fingerprint density at radius 1 is 1.40 bits per heavy atom. The van der Waals surface area contributed by atoms with E-state index in [-0.39, 0.29) is 0 Å². The van der Waals surface area contributed by atoms with Gasteiger partial charge >= 0.3 is 0 Å². The minimum atomic E-state index is 0.348. The monoisotopic (exact) mass is 210 g/mol. The summed E-state index contributed by atoms with van der Waals surface area (Å²) in [5, 5.41) is 3.46. The third-order valence-corrected chi connectivity index (χ3v) is 3.41. The lowest BCUT2D eigenvalue weighted by molar-refractivity contribution is -0.134. The molecule has 1 aliphatic carbocycles. The Hall–Kier alpha value is -0.570. The summed E-state index contributed by atoms with van der Waals surface area (Å²) in [5.41, 5.74) is 0. The van der Waals surface area contributed by atoms with Crippen LogP contribution in [0, 0.1) is 5.92 Å². The Morgan fingerprint density at radius 2 is 2.13 bits per heavy atom. The van der Waals surface area contributed by atoms with Gasteiger partial charge in [0.1, 0.15) is 0 Å². The quantitative estimate of drug-likeness (QED) is 0.760. The Morgan fingerprint density at radius 3 is 2.60 bits per heavy atom. The van der Waals surface area contributed by atoms with Crippen molar-refractivity contribution < 1.29 is 4.79 Å². The highest BCUT2D eigenvalue weighted by molar-refractivity contribution is 5.81. The molecule has 1 N–H and O–H groups in total. The number of nitrogens with one attached hydrogen (secondary N) is 1. The van der Waals surface area contributed by atoms with Gasteiger partial charge in [0.25, 0.3) is 0 Å². The van der Waals surface area contributed by atoms with Crippen molar-refractivity contribution in [2.24, 2.45) is 5.92 Å². The van der Waals surface area contributed by atoms with Crippen LogP contribution >= 0.6 is 0 Å². The summed E-state index contributed by atoms with van der Waals surface area (Å²) in [4.78, 5) is 14.1. The molecule has 1 heterocycles. The van der Waals surface area contributed by atoms with E-state index in [4.69, 9.17) is 0 Å². The van der Waals surface area contributed by atoms with Crippen LogP contribution < -0.4 is 5.32 Å². The van der Waals surface area contributed by atoms with Crippen molar-refractivity contribution in [3.63, 3.8) is 0 Å². The first-order chi connectivity index (χ1) is 7.18. The summed E-state index contributed by atoms with van der Waals surface area (Å²) in [6, 6.07) is 0.885. The van der Waals surface area contributed by atoms with E-state index in [0.717, 1.165) is 25.9 Å². The van der Waals surface area contributed by atoms with Crippen molar-refractivity contribution in [1.82, 2.24) is 10.2 Å². The predicted octanol–water partition coefficient (Wildman–Crippen LogP) is 1.39. The largest absolute Gasteiger partial charge is 0.338 e. The van der Waals surface area contributed by atoms with Gasteiger partial charge in [0.2, 0.25) is 5.91 Å². The van der Waals surface area contributed by atoms with Crippen molar-refractivity contribution in [1.29, 1.82) is 0 Å². The van der Waals surface area contributed by atoms with Crippen LogP contribution in [0.3, 0.4) is 0 Å². The van der Waals surface area contributed by atoms with Crippen molar-refractivity contribution >= 4 is 5.91 Å². The fourth-order valence-electron chi connectivity index (χ4n) is 2.27. The fraction of sp³-hybridized carbons (Fsp3) is 0.917. The lowest BCUT2D eigenvalue weighted by Crippen LogP contribution is -2.45. The van der Waals surface area contributed by atoms with E-state index in [1.807, 2.05) is 0 Å². The average Bonchev–Trinajstić information content (AvgIpc) is 2.92. The van der Waals surface area contributed by atoms with E-state index < -0.39 is 0 Å². The number of carbonyl (C=O) groups is 1. The van der Waals surface area contributed by atoms with Gasteiger partial charge in [-0.25, -0.2) is 0 Å². The number of hydrogen-bond acceptors (Lipinski definition) is 2. The number of amides is 1. The Labute approximate surface area is 92.2 Å². The van der Waals surface area contributed by atoms with E-state index in [1.54, 1.807) is 0 Å². The molecule has 86 valence electrons. The minimum absolute atomic E-state index is 0.348. The van der Waals surface area contributed by atoms with E-state index in [2.05, 4.69) is 24.1 Å². The predicted molar refractivity (Wildman–Crippen MR) is 60.6 cm³/mol. The molecule has 0 aromatic rings. The Balaban J connectivity index is 1.89. The standard InChI is InChI=1S/C12H22N2O/c1-9(2)14(12(15)10-5-6-10)8-11-4-3-7-13-11/h9-11,13H,3-8H2,1-2H3. The second kappa shape index (κ2) is 4.52. The molecule has 0 bridgehead atoms. The van der Waals surface area contributed by atoms with Gasteiger partial charge in [-0.2, -0.15) is 0 Å². The zero-order valence-corrected chi connectivity index (χ0v) is 9.83. The summed E-state index contributed by atoms with van der Waals surface area (Å²) < 4.78 is 0. The Kier molecular flexibility index (Phi) is 3.29. The molecule has 3 heteroatoms. The molecule has 2 rings (SSSR count). The maximum atomic E-state index is 12.0. The highest BCUT2D eigenvalue weighted by Crippen LogP contribution is 2.31. The molecule has 1 saturated heterocycles. The number of hydrogen-bond donors (Lipinski definition) is 1. The van der Waals surface area contributed by atoms with Gasteiger partial charge in [0, 0.05) is 24.5 Å². The highest BCUT2D eigenvalue weighted by Gasteiger charge is 2.35. The summed E-state index contributed by atoms with van der Waals surface area (Å²) in [5.74, 6) is 0.743. The minimum Gasteiger partial charge on any atom is -0.338 e. The van der Waals surface area contributed by atoms with E-state index in [1.165, 1.54) is 12.8 Å². The number of rotatable bonds is 4. The summed E-state index contributed by atoms with van der Waals surface area (Å²) in [6.07, 6.45) is 4.70. The maximum absolute atomic E-state index is 12.0. The average molecular weight is 210 g/mol. The van der Waals surface area contributed by atoms with Gasteiger partial charge in [-0.3, -0.25) is 4.79 Å². The van der Waals surface area contributed by atoms with Gasteiger partial charge in [-0.1, -0.05) is 0 Å². The van der Waals surface area contributed by atoms with Crippen LogP contribution in [-0.2, 0) is 4.79 Å². The van der Waals surface area contributed by atoms with Crippen LogP contribution in [0.1, 0.15) is 39.5 Å². The molecule has 0 radical (unpaired) electrons. The van der Waals surface area contributed by atoms with Gasteiger partial charge in [-0.05, 0) is 46.1 Å². The second-order valence-electron chi connectivity index (χ2n) is 5.15. The fourth-order valence-corrected chi connectivity index (χ4v) is 2.27. The first kappa shape index (κ1) is 10.9. The van der Waals surface area contributed by atoms with Crippen molar-refractivity contribution in [3.8, 4) is 0 Å². The normalized spacial score (nSPS) is 25.9. The molecule has 0 spiro atoms. The van der Waals surface area contributed by atoms with Crippen LogP contribution in [0.2, 0.25) is 0 Å². The molecule has 3 nitrogen and oxygen atoms in total. The summed E-state index contributed by atoms with van der Waals surface area (Å²) in [7, 11) is 0. The third-order valence-electron chi connectivity index (χ3n) is 3.41. The highest BCUT2D eigenvalue weighted by atomic mass is 16.2. The molecule has 2 fully saturated rings. The van der Waals surface area contributed by atoms with Crippen molar-refractivity contribution in [3.05, 3.63) is 0 Å². The van der Waals surface area contributed by atoms with Gasteiger partial charge in [-0.15, -0.1) is 0 Å². The molecule has 2 aliphatic rings. The lowest BCUT2D eigenvalue weighted by atomic mass is 10.1. The molecule has 15 heavy (non-hydrogen) atoms. The topological polar surface area (TPSA) is 32.3 Å². The first-order valence-electron chi connectivity index (χ1n) is 6.22. The molecule has 1 amide bonds. The van der Waals surface area contributed by atoms with Gasteiger partial charge in [0.15, 0.2) is 0 Å². The molecule has 1 aliphatic heterocycles. The molecule has 1 unspecified atom stereocenters. The van der Waals surface area contributed by atoms with Crippen LogP contribution in [0.5, 0.6) is 0 Å². The zero-order chi connectivity index (χ0) is 10.8. The second-order valence-corrected chi connectivity index (χ2v) is 5.15. The van der Waals surface area contributed by atoms with E-state index in [0.29, 0.717) is 23.9 Å². The van der Waals surface area contributed by atoms with E-state index in [9.17, 15) is 4.79 Å². The summed E-state index contributed by atoms with van der Waals surface area (Å²) >= 11 is 0. The SMILES string of the molecule is CC(C)N(CC1CCCN1)C(=O)C1CC1. The lowest BCUT2D eigenvalue weighted by Gasteiger charge is -2.29. The van der Waals surface area contributed by atoms with Crippen molar-refractivity contribution in [2.75, 3.05) is 13.1 Å². The summed E-state index contributed by atoms with van der Waals surface area (Å²) in [6.45, 7) is 6.27. The van der Waals surface area contributed by atoms with Crippen LogP contribution in [0.4, 0.5) is 0 Å². The molecule has 0 aromatic heterocycles. The van der Waals surface area contributed by atoms with Crippen LogP contribution in [0.25, 0.3) is 0 Å². The maximum Gasteiger partial charge on any atom is 0.225 e.